The lowest BCUT2D eigenvalue weighted by molar-refractivity contribution is -0.115. The van der Waals surface area contributed by atoms with Crippen LogP contribution in [0, 0.1) is 0 Å². The van der Waals surface area contributed by atoms with E-state index in [0.717, 1.165) is 16.8 Å². The van der Waals surface area contributed by atoms with Crippen molar-refractivity contribution in [1.82, 2.24) is 4.98 Å². The number of amides is 1. The van der Waals surface area contributed by atoms with Gasteiger partial charge in [-0.05, 0) is 43.2 Å². The molecule has 1 unspecified atom stereocenters. The Hall–Kier alpha value is -2.89. The molecule has 6 heteroatoms. The molecule has 1 atom stereocenters. The maximum Gasteiger partial charge on any atom is 0.339 e. The molecule has 1 aliphatic heterocycles. The second-order valence-electron chi connectivity index (χ2n) is 5.66. The van der Waals surface area contributed by atoms with Gasteiger partial charge in [-0.15, -0.1) is 0 Å². The predicted molar refractivity (Wildman–Crippen MR) is 91.0 cm³/mol. The summed E-state index contributed by atoms with van der Waals surface area (Å²) in [5, 5.41) is 6.11. The second-order valence-corrected chi connectivity index (χ2v) is 5.66. The fourth-order valence-electron chi connectivity index (χ4n) is 2.64. The van der Waals surface area contributed by atoms with E-state index in [2.05, 4.69) is 15.6 Å². The minimum Gasteiger partial charge on any atom is -0.462 e. The second kappa shape index (κ2) is 6.70. The molecule has 2 N–H and O–H groups in total. The number of pyridine rings is 1. The fourth-order valence-corrected chi connectivity index (χ4v) is 2.64. The molecule has 0 aliphatic carbocycles. The van der Waals surface area contributed by atoms with E-state index in [1.54, 1.807) is 19.1 Å². The molecule has 0 spiro atoms. The number of benzene rings is 1. The van der Waals surface area contributed by atoms with Crippen molar-refractivity contribution in [2.24, 2.45) is 0 Å². The number of anilines is 2. The van der Waals surface area contributed by atoms with E-state index in [-0.39, 0.29) is 17.9 Å². The lowest BCUT2D eigenvalue weighted by Crippen LogP contribution is -2.09. The number of nitrogens with one attached hydrogen (secondary N) is 2. The molecule has 2 aromatic rings. The molecule has 1 amide bonds. The van der Waals surface area contributed by atoms with Crippen molar-refractivity contribution in [2.75, 3.05) is 17.2 Å². The number of aromatic nitrogens is 1. The normalized spacial score (nSPS) is 13.8. The maximum absolute atomic E-state index is 11.6. The van der Waals surface area contributed by atoms with Crippen LogP contribution in [-0.4, -0.2) is 23.5 Å². The number of esters is 1. The minimum absolute atomic E-state index is 0.0203. The van der Waals surface area contributed by atoms with Gasteiger partial charge in [0.05, 0.1) is 18.6 Å². The SMILES string of the molecule is CCOC(=O)c1ccc(NC(C)c2ccc3c(c2)CC(=O)N3)nc1. The Bertz CT molecular complexity index is 772. The van der Waals surface area contributed by atoms with Crippen LogP contribution in [0.3, 0.4) is 0 Å². The summed E-state index contributed by atoms with van der Waals surface area (Å²) < 4.78 is 4.94. The van der Waals surface area contributed by atoms with Crippen LogP contribution in [0.5, 0.6) is 0 Å². The molecule has 0 saturated carbocycles. The number of hydrogen-bond donors (Lipinski definition) is 2. The van der Waals surface area contributed by atoms with Crippen molar-refractivity contribution in [3.8, 4) is 0 Å². The van der Waals surface area contributed by atoms with Crippen molar-refractivity contribution in [1.29, 1.82) is 0 Å². The Morgan fingerprint density at radius 1 is 1.38 bits per heavy atom. The molecular formula is C18H19N3O3. The number of carbonyl (C=O) groups excluding carboxylic acids is 2. The highest BCUT2D eigenvalue weighted by Crippen LogP contribution is 2.27. The Balaban J connectivity index is 1.69. The van der Waals surface area contributed by atoms with Crippen LogP contribution in [-0.2, 0) is 16.0 Å². The Morgan fingerprint density at radius 2 is 2.21 bits per heavy atom. The lowest BCUT2D eigenvalue weighted by Gasteiger charge is -2.16. The predicted octanol–water partition coefficient (Wildman–Crippen LogP) is 2.93. The third-order valence-corrected chi connectivity index (χ3v) is 3.89. The minimum atomic E-state index is -0.375. The smallest absolute Gasteiger partial charge is 0.339 e. The molecule has 0 saturated heterocycles. The van der Waals surface area contributed by atoms with Crippen LogP contribution < -0.4 is 10.6 Å². The first-order valence-corrected chi connectivity index (χ1v) is 7.89. The summed E-state index contributed by atoms with van der Waals surface area (Å²) in [5.74, 6) is 0.324. The van der Waals surface area contributed by atoms with Gasteiger partial charge in [0, 0.05) is 17.9 Å². The molecule has 0 radical (unpaired) electrons. The van der Waals surface area contributed by atoms with Gasteiger partial charge in [0.1, 0.15) is 5.82 Å². The summed E-state index contributed by atoms with van der Waals surface area (Å²) in [7, 11) is 0. The number of fused-ring (bicyclic) bond motifs is 1. The zero-order chi connectivity index (χ0) is 17.1. The van der Waals surface area contributed by atoms with Crippen molar-refractivity contribution >= 4 is 23.4 Å². The Kier molecular flexibility index (Phi) is 4.46. The van der Waals surface area contributed by atoms with Gasteiger partial charge in [0.2, 0.25) is 5.91 Å². The van der Waals surface area contributed by atoms with E-state index in [4.69, 9.17) is 4.74 Å². The molecule has 24 heavy (non-hydrogen) atoms. The fraction of sp³-hybridized carbons (Fsp3) is 0.278. The first-order chi connectivity index (χ1) is 11.6. The topological polar surface area (TPSA) is 80.3 Å². The molecule has 124 valence electrons. The van der Waals surface area contributed by atoms with Gasteiger partial charge in [-0.25, -0.2) is 9.78 Å². The average Bonchev–Trinajstić information content (AvgIpc) is 2.94. The standard InChI is InChI=1S/C18H19N3O3/c1-3-24-18(23)13-5-7-16(19-10-13)20-11(2)12-4-6-15-14(8-12)9-17(22)21-15/h4-8,10-11H,3,9H2,1-2H3,(H,19,20)(H,21,22). The zero-order valence-corrected chi connectivity index (χ0v) is 13.6. The van der Waals surface area contributed by atoms with E-state index in [9.17, 15) is 9.59 Å². The van der Waals surface area contributed by atoms with Crippen molar-refractivity contribution in [2.45, 2.75) is 26.3 Å². The van der Waals surface area contributed by atoms with Crippen LogP contribution in [0.15, 0.2) is 36.5 Å². The van der Waals surface area contributed by atoms with E-state index >= 15 is 0 Å². The van der Waals surface area contributed by atoms with Crippen LogP contribution >= 0.6 is 0 Å². The van der Waals surface area contributed by atoms with E-state index in [1.165, 1.54) is 6.20 Å². The molecule has 1 aliphatic rings. The molecule has 1 aromatic carbocycles. The third kappa shape index (κ3) is 3.37. The lowest BCUT2D eigenvalue weighted by atomic mass is 10.0. The van der Waals surface area contributed by atoms with Gasteiger partial charge in [-0.2, -0.15) is 0 Å². The average molecular weight is 325 g/mol. The highest BCUT2D eigenvalue weighted by Gasteiger charge is 2.19. The number of nitrogens with zero attached hydrogens (tertiary/aromatic N) is 1. The quantitative estimate of drug-likeness (QED) is 0.826. The zero-order valence-electron chi connectivity index (χ0n) is 13.6. The van der Waals surface area contributed by atoms with Gasteiger partial charge in [0.15, 0.2) is 0 Å². The molecule has 1 aromatic heterocycles. The van der Waals surface area contributed by atoms with Crippen LogP contribution in [0.4, 0.5) is 11.5 Å². The summed E-state index contributed by atoms with van der Waals surface area (Å²) in [6.07, 6.45) is 1.92. The van der Waals surface area contributed by atoms with Crippen LogP contribution in [0.25, 0.3) is 0 Å². The largest absolute Gasteiger partial charge is 0.462 e. The third-order valence-electron chi connectivity index (χ3n) is 3.89. The maximum atomic E-state index is 11.6. The monoisotopic (exact) mass is 325 g/mol. The van der Waals surface area contributed by atoms with Crippen molar-refractivity contribution < 1.29 is 14.3 Å². The highest BCUT2D eigenvalue weighted by atomic mass is 16.5. The summed E-state index contributed by atoms with van der Waals surface area (Å²) in [6, 6.07) is 9.39. The summed E-state index contributed by atoms with van der Waals surface area (Å²) >= 11 is 0. The van der Waals surface area contributed by atoms with Gasteiger partial charge in [0.25, 0.3) is 0 Å². The molecule has 2 heterocycles. The van der Waals surface area contributed by atoms with Gasteiger partial charge >= 0.3 is 5.97 Å². The summed E-state index contributed by atoms with van der Waals surface area (Å²) in [6.45, 7) is 4.13. The van der Waals surface area contributed by atoms with Gasteiger partial charge < -0.3 is 15.4 Å². The van der Waals surface area contributed by atoms with Gasteiger partial charge in [-0.1, -0.05) is 12.1 Å². The van der Waals surface area contributed by atoms with Gasteiger partial charge in [-0.3, -0.25) is 4.79 Å². The highest BCUT2D eigenvalue weighted by molar-refractivity contribution is 5.99. The number of ether oxygens (including phenoxy) is 1. The number of carbonyl (C=O) groups is 2. The van der Waals surface area contributed by atoms with E-state index < -0.39 is 0 Å². The Morgan fingerprint density at radius 3 is 2.92 bits per heavy atom. The first kappa shape index (κ1) is 16.0. The summed E-state index contributed by atoms with van der Waals surface area (Å²) in [4.78, 5) is 27.3. The van der Waals surface area contributed by atoms with Crippen molar-refractivity contribution in [3.05, 3.63) is 53.2 Å². The number of rotatable bonds is 5. The molecule has 0 bridgehead atoms. The molecular weight excluding hydrogens is 306 g/mol. The van der Waals surface area contributed by atoms with E-state index in [0.29, 0.717) is 24.4 Å². The number of hydrogen-bond acceptors (Lipinski definition) is 5. The van der Waals surface area contributed by atoms with Crippen molar-refractivity contribution in [3.63, 3.8) is 0 Å². The van der Waals surface area contributed by atoms with Crippen LogP contribution in [0.1, 0.15) is 41.4 Å². The molecule has 3 rings (SSSR count). The Labute approximate surface area is 140 Å². The van der Waals surface area contributed by atoms with E-state index in [1.807, 2.05) is 25.1 Å². The molecule has 6 nitrogen and oxygen atoms in total. The summed E-state index contributed by atoms with van der Waals surface area (Å²) in [5.41, 5.74) is 3.39. The molecule has 0 fully saturated rings. The first-order valence-electron chi connectivity index (χ1n) is 7.89. The van der Waals surface area contributed by atoms with Crippen LogP contribution in [0.2, 0.25) is 0 Å².